The van der Waals surface area contributed by atoms with E-state index in [4.69, 9.17) is 23.7 Å². The molecule has 1 N–H and O–H groups in total. The summed E-state index contributed by atoms with van der Waals surface area (Å²) in [7, 11) is 4.81. The third-order valence-corrected chi connectivity index (χ3v) is 5.96. The molecule has 2 heterocycles. The fourth-order valence-corrected chi connectivity index (χ4v) is 4.29. The first-order chi connectivity index (χ1) is 15.6. The molecule has 32 heavy (non-hydrogen) atoms. The Morgan fingerprint density at radius 2 is 1.72 bits per heavy atom. The van der Waals surface area contributed by atoms with Crippen LogP contribution in [-0.4, -0.2) is 71.6 Å². The molecule has 1 amide bonds. The number of rotatable bonds is 8. The third kappa shape index (κ3) is 4.61. The summed E-state index contributed by atoms with van der Waals surface area (Å²) in [6, 6.07) is 9.53. The van der Waals surface area contributed by atoms with Crippen molar-refractivity contribution in [3.63, 3.8) is 0 Å². The molecule has 0 aromatic heterocycles. The molecule has 8 nitrogen and oxygen atoms in total. The Morgan fingerprint density at radius 3 is 2.44 bits per heavy atom. The minimum atomic E-state index is -0.202. The molecule has 2 aliphatic heterocycles. The van der Waals surface area contributed by atoms with Gasteiger partial charge in [0.25, 0.3) is 0 Å². The van der Waals surface area contributed by atoms with E-state index in [1.807, 2.05) is 24.3 Å². The van der Waals surface area contributed by atoms with E-state index in [9.17, 15) is 4.79 Å². The summed E-state index contributed by atoms with van der Waals surface area (Å²) in [5, 5.41) is 2.95. The van der Waals surface area contributed by atoms with Crippen LogP contribution >= 0.6 is 0 Å². The van der Waals surface area contributed by atoms with Crippen molar-refractivity contribution >= 4 is 11.6 Å². The van der Waals surface area contributed by atoms with Crippen molar-refractivity contribution in [2.24, 2.45) is 0 Å². The third-order valence-electron chi connectivity index (χ3n) is 5.96. The quantitative estimate of drug-likeness (QED) is 0.674. The van der Waals surface area contributed by atoms with E-state index in [2.05, 4.69) is 10.2 Å². The maximum absolute atomic E-state index is 12.6. The van der Waals surface area contributed by atoms with Crippen molar-refractivity contribution in [1.29, 1.82) is 0 Å². The van der Waals surface area contributed by atoms with Crippen molar-refractivity contribution < 1.29 is 28.5 Å². The number of benzene rings is 2. The van der Waals surface area contributed by atoms with Gasteiger partial charge in [-0.3, -0.25) is 9.69 Å². The van der Waals surface area contributed by atoms with Crippen LogP contribution in [0.15, 0.2) is 30.3 Å². The van der Waals surface area contributed by atoms with Crippen LogP contribution in [0.4, 0.5) is 5.69 Å². The molecular formula is C24H30N2O6. The van der Waals surface area contributed by atoms with Crippen molar-refractivity contribution in [2.45, 2.75) is 12.3 Å². The molecule has 2 aromatic rings. The topological polar surface area (TPSA) is 78.5 Å². The zero-order valence-corrected chi connectivity index (χ0v) is 18.8. The molecule has 1 unspecified atom stereocenters. The predicted octanol–water partition coefficient (Wildman–Crippen LogP) is 2.90. The van der Waals surface area contributed by atoms with Crippen LogP contribution in [0.5, 0.6) is 23.0 Å². The summed E-state index contributed by atoms with van der Waals surface area (Å²) >= 11 is 0. The summed E-state index contributed by atoms with van der Waals surface area (Å²) in [5.74, 6) is 2.25. The van der Waals surface area contributed by atoms with E-state index in [1.54, 1.807) is 27.4 Å². The van der Waals surface area contributed by atoms with Crippen LogP contribution in [0, 0.1) is 0 Å². The molecule has 2 aromatic carbocycles. The first kappa shape index (κ1) is 22.2. The maximum atomic E-state index is 12.6. The number of nitrogens with one attached hydrogen (secondary N) is 1. The Balaban J connectivity index is 1.66. The molecule has 4 rings (SSSR count). The van der Waals surface area contributed by atoms with Crippen molar-refractivity contribution in [3.8, 4) is 23.0 Å². The van der Waals surface area contributed by atoms with Crippen LogP contribution in [0.2, 0.25) is 0 Å². The molecule has 0 bridgehead atoms. The molecule has 172 valence electrons. The first-order valence-corrected chi connectivity index (χ1v) is 10.8. The van der Waals surface area contributed by atoms with Crippen LogP contribution < -0.4 is 24.3 Å². The number of amides is 1. The normalized spacial score (nSPS) is 18.5. The van der Waals surface area contributed by atoms with Crippen molar-refractivity contribution in [1.82, 2.24) is 4.90 Å². The summed E-state index contributed by atoms with van der Waals surface area (Å²) in [5.41, 5.74) is 2.58. The minimum Gasteiger partial charge on any atom is -0.493 e. The Kier molecular flexibility index (Phi) is 7.02. The van der Waals surface area contributed by atoms with Gasteiger partial charge in [0.05, 0.1) is 34.5 Å². The van der Waals surface area contributed by atoms with Gasteiger partial charge in [0.1, 0.15) is 6.61 Å². The number of morpholine rings is 1. The molecule has 0 aliphatic carbocycles. The average molecular weight is 443 g/mol. The van der Waals surface area contributed by atoms with Crippen LogP contribution in [-0.2, 0) is 9.53 Å². The Bertz CT molecular complexity index is 958. The zero-order valence-electron chi connectivity index (χ0n) is 18.8. The Labute approximate surface area is 188 Å². The second kappa shape index (κ2) is 10.1. The monoisotopic (exact) mass is 442 g/mol. The number of nitrogens with zero attached hydrogens (tertiary/aromatic N) is 1. The first-order valence-electron chi connectivity index (χ1n) is 10.8. The minimum absolute atomic E-state index is 0.0585. The highest BCUT2D eigenvalue weighted by Gasteiger charge is 2.31. The summed E-state index contributed by atoms with van der Waals surface area (Å²) < 4.78 is 28.2. The standard InChI is InChI=1S/C24H30N2O6/c1-28-20-6-4-5-16(24(20)32-12-9-26-7-10-31-11-8-26)17-14-23(27)25-19-15-22(30-3)21(29-2)13-18(17)19/h4-6,13,15,17H,7-12,14H2,1-3H3,(H,25,27). The highest BCUT2D eigenvalue weighted by atomic mass is 16.5. The lowest BCUT2D eigenvalue weighted by Crippen LogP contribution is -2.38. The van der Waals surface area contributed by atoms with Crippen molar-refractivity contribution in [3.05, 3.63) is 41.5 Å². The molecule has 0 radical (unpaired) electrons. The number of ether oxygens (including phenoxy) is 5. The smallest absolute Gasteiger partial charge is 0.225 e. The van der Waals surface area contributed by atoms with E-state index in [1.165, 1.54) is 0 Å². The number of para-hydroxylation sites is 1. The number of carbonyl (C=O) groups excluding carboxylic acids is 1. The van der Waals surface area contributed by atoms with Crippen LogP contribution in [0.3, 0.4) is 0 Å². The number of fused-ring (bicyclic) bond motifs is 1. The number of carbonyl (C=O) groups is 1. The Hall–Kier alpha value is -2.97. The lowest BCUT2D eigenvalue weighted by atomic mass is 9.84. The van der Waals surface area contributed by atoms with Crippen LogP contribution in [0.1, 0.15) is 23.5 Å². The van der Waals surface area contributed by atoms with E-state index in [0.717, 1.165) is 44.0 Å². The zero-order chi connectivity index (χ0) is 22.5. The maximum Gasteiger partial charge on any atom is 0.225 e. The van der Waals surface area contributed by atoms with Crippen LogP contribution in [0.25, 0.3) is 0 Å². The highest BCUT2D eigenvalue weighted by molar-refractivity contribution is 5.96. The fourth-order valence-electron chi connectivity index (χ4n) is 4.29. The molecule has 0 spiro atoms. The molecular weight excluding hydrogens is 412 g/mol. The van der Waals surface area contributed by atoms with Gasteiger partial charge in [0.2, 0.25) is 5.91 Å². The number of hydrogen-bond donors (Lipinski definition) is 1. The van der Waals surface area contributed by atoms with Gasteiger partial charge < -0.3 is 29.0 Å². The van der Waals surface area contributed by atoms with Gasteiger partial charge in [-0.15, -0.1) is 0 Å². The average Bonchev–Trinajstić information content (AvgIpc) is 2.83. The molecule has 1 fully saturated rings. The molecule has 1 atom stereocenters. The molecule has 0 saturated carbocycles. The Morgan fingerprint density at radius 1 is 1.00 bits per heavy atom. The van der Waals surface area contributed by atoms with Gasteiger partial charge in [-0.05, 0) is 17.7 Å². The number of methoxy groups -OCH3 is 3. The summed E-state index contributed by atoms with van der Waals surface area (Å²) in [4.78, 5) is 14.9. The predicted molar refractivity (Wildman–Crippen MR) is 120 cm³/mol. The van der Waals surface area contributed by atoms with Gasteiger partial charge >= 0.3 is 0 Å². The van der Waals surface area contributed by atoms with Gasteiger partial charge in [-0.1, -0.05) is 12.1 Å². The van der Waals surface area contributed by atoms with E-state index >= 15 is 0 Å². The molecule has 2 aliphatic rings. The number of anilines is 1. The van der Waals surface area contributed by atoms with Gasteiger partial charge in [-0.25, -0.2) is 0 Å². The number of hydrogen-bond acceptors (Lipinski definition) is 7. The molecule has 1 saturated heterocycles. The largest absolute Gasteiger partial charge is 0.493 e. The lowest BCUT2D eigenvalue weighted by Gasteiger charge is -2.30. The van der Waals surface area contributed by atoms with Gasteiger partial charge in [0.15, 0.2) is 23.0 Å². The highest BCUT2D eigenvalue weighted by Crippen LogP contribution is 2.47. The lowest BCUT2D eigenvalue weighted by molar-refractivity contribution is -0.116. The van der Waals surface area contributed by atoms with Gasteiger partial charge in [0, 0.05) is 49.3 Å². The summed E-state index contributed by atoms with van der Waals surface area (Å²) in [6.07, 6.45) is 0.301. The summed E-state index contributed by atoms with van der Waals surface area (Å²) in [6.45, 7) is 4.62. The van der Waals surface area contributed by atoms with Crippen molar-refractivity contribution in [2.75, 3.05) is 66.1 Å². The fraction of sp³-hybridized carbons (Fsp3) is 0.458. The second-order valence-corrected chi connectivity index (χ2v) is 7.78. The SMILES string of the molecule is COc1cc2c(cc1OC)C(c1cccc(OC)c1OCCN1CCOCC1)CC(=O)N2. The van der Waals surface area contributed by atoms with E-state index in [-0.39, 0.29) is 11.8 Å². The van der Waals surface area contributed by atoms with E-state index < -0.39 is 0 Å². The van der Waals surface area contributed by atoms with E-state index in [0.29, 0.717) is 41.7 Å². The molecule has 8 heteroatoms. The second-order valence-electron chi connectivity index (χ2n) is 7.78. The van der Waals surface area contributed by atoms with Gasteiger partial charge in [-0.2, -0.15) is 0 Å².